The summed E-state index contributed by atoms with van der Waals surface area (Å²) < 4.78 is 0. The van der Waals surface area contributed by atoms with Crippen molar-refractivity contribution in [3.05, 3.63) is 48.3 Å². The summed E-state index contributed by atoms with van der Waals surface area (Å²) >= 11 is 0. The SMILES string of the molecule is CN(c1cc[nH]c1)c1cccc(CN)c1. The number of aromatic nitrogens is 1. The van der Waals surface area contributed by atoms with Gasteiger partial charge in [0.15, 0.2) is 0 Å². The number of benzene rings is 1. The topological polar surface area (TPSA) is 45.0 Å². The molecule has 78 valence electrons. The summed E-state index contributed by atoms with van der Waals surface area (Å²) in [6, 6.07) is 10.3. The zero-order valence-corrected chi connectivity index (χ0v) is 8.77. The molecule has 1 aromatic heterocycles. The maximum Gasteiger partial charge on any atom is 0.0585 e. The minimum Gasteiger partial charge on any atom is -0.366 e. The van der Waals surface area contributed by atoms with Crippen LogP contribution in [0.3, 0.4) is 0 Å². The average Bonchev–Trinajstić information content (AvgIpc) is 2.81. The molecule has 2 rings (SSSR count). The summed E-state index contributed by atoms with van der Waals surface area (Å²) in [6.45, 7) is 0.578. The fourth-order valence-electron chi connectivity index (χ4n) is 1.56. The van der Waals surface area contributed by atoms with Crippen molar-refractivity contribution in [2.24, 2.45) is 5.73 Å². The van der Waals surface area contributed by atoms with Gasteiger partial charge in [0.05, 0.1) is 5.69 Å². The van der Waals surface area contributed by atoms with Crippen molar-refractivity contribution in [2.45, 2.75) is 6.54 Å². The molecule has 0 fully saturated rings. The summed E-state index contributed by atoms with van der Waals surface area (Å²) in [7, 11) is 2.04. The van der Waals surface area contributed by atoms with Crippen LogP contribution in [-0.4, -0.2) is 12.0 Å². The lowest BCUT2D eigenvalue weighted by Gasteiger charge is -2.18. The number of anilines is 2. The van der Waals surface area contributed by atoms with Gasteiger partial charge in [0.2, 0.25) is 0 Å². The van der Waals surface area contributed by atoms with E-state index in [0.717, 1.165) is 16.9 Å². The summed E-state index contributed by atoms with van der Waals surface area (Å²) in [5.41, 5.74) is 9.05. The normalized spacial score (nSPS) is 10.3. The van der Waals surface area contributed by atoms with Crippen molar-refractivity contribution in [3.8, 4) is 0 Å². The van der Waals surface area contributed by atoms with Gasteiger partial charge in [0.25, 0.3) is 0 Å². The number of hydrogen-bond acceptors (Lipinski definition) is 2. The smallest absolute Gasteiger partial charge is 0.0585 e. The fraction of sp³-hybridized carbons (Fsp3) is 0.167. The molecule has 15 heavy (non-hydrogen) atoms. The molecule has 3 heteroatoms. The van der Waals surface area contributed by atoms with Gasteiger partial charge in [-0.1, -0.05) is 12.1 Å². The molecule has 0 spiro atoms. The summed E-state index contributed by atoms with van der Waals surface area (Å²) in [5.74, 6) is 0. The minimum atomic E-state index is 0.578. The van der Waals surface area contributed by atoms with Crippen LogP contribution in [-0.2, 0) is 6.54 Å². The highest BCUT2D eigenvalue weighted by atomic mass is 15.1. The van der Waals surface area contributed by atoms with Crippen LogP contribution >= 0.6 is 0 Å². The lowest BCUT2D eigenvalue weighted by atomic mass is 10.2. The lowest BCUT2D eigenvalue weighted by molar-refractivity contribution is 1.06. The van der Waals surface area contributed by atoms with E-state index in [0.29, 0.717) is 6.54 Å². The van der Waals surface area contributed by atoms with E-state index in [1.807, 2.05) is 37.6 Å². The number of rotatable bonds is 3. The zero-order chi connectivity index (χ0) is 10.7. The van der Waals surface area contributed by atoms with E-state index in [2.05, 4.69) is 22.0 Å². The molecule has 1 heterocycles. The average molecular weight is 201 g/mol. The molecule has 0 atom stereocenters. The van der Waals surface area contributed by atoms with E-state index < -0.39 is 0 Å². The van der Waals surface area contributed by atoms with Gasteiger partial charge in [-0.05, 0) is 23.8 Å². The van der Waals surface area contributed by atoms with Gasteiger partial charge in [0.1, 0.15) is 0 Å². The number of hydrogen-bond donors (Lipinski definition) is 2. The number of nitrogens with one attached hydrogen (secondary N) is 1. The molecule has 0 unspecified atom stereocenters. The Kier molecular flexibility index (Phi) is 2.74. The molecule has 0 aliphatic carbocycles. The Morgan fingerprint density at radius 2 is 2.13 bits per heavy atom. The molecule has 0 radical (unpaired) electrons. The van der Waals surface area contributed by atoms with E-state index in [4.69, 9.17) is 5.73 Å². The number of H-pyrrole nitrogens is 1. The number of aromatic amines is 1. The monoisotopic (exact) mass is 201 g/mol. The van der Waals surface area contributed by atoms with E-state index in [1.54, 1.807) is 0 Å². The Hall–Kier alpha value is -1.74. The van der Waals surface area contributed by atoms with Crippen molar-refractivity contribution in [1.82, 2.24) is 4.98 Å². The highest BCUT2D eigenvalue weighted by Crippen LogP contribution is 2.23. The molecule has 0 saturated carbocycles. The van der Waals surface area contributed by atoms with Gasteiger partial charge < -0.3 is 15.6 Å². The predicted molar refractivity (Wildman–Crippen MR) is 63.2 cm³/mol. The van der Waals surface area contributed by atoms with Crippen molar-refractivity contribution >= 4 is 11.4 Å². The van der Waals surface area contributed by atoms with Gasteiger partial charge in [-0.2, -0.15) is 0 Å². The van der Waals surface area contributed by atoms with Crippen LogP contribution in [0.1, 0.15) is 5.56 Å². The lowest BCUT2D eigenvalue weighted by Crippen LogP contribution is -2.09. The standard InChI is InChI=1S/C12H15N3/c1-15(12-5-6-14-9-12)11-4-2-3-10(7-11)8-13/h2-7,9,14H,8,13H2,1H3. The quantitative estimate of drug-likeness (QED) is 0.800. The van der Waals surface area contributed by atoms with Gasteiger partial charge in [-0.25, -0.2) is 0 Å². The second-order valence-corrected chi connectivity index (χ2v) is 3.50. The number of nitrogens with zero attached hydrogens (tertiary/aromatic N) is 1. The molecule has 3 N–H and O–H groups in total. The first-order chi connectivity index (χ1) is 7.31. The van der Waals surface area contributed by atoms with Crippen LogP contribution in [0.2, 0.25) is 0 Å². The second kappa shape index (κ2) is 4.19. The Morgan fingerprint density at radius 3 is 2.80 bits per heavy atom. The highest BCUT2D eigenvalue weighted by Gasteiger charge is 2.03. The van der Waals surface area contributed by atoms with Gasteiger partial charge in [0, 0.05) is 31.7 Å². The third-order valence-corrected chi connectivity index (χ3v) is 2.50. The first-order valence-electron chi connectivity index (χ1n) is 4.97. The molecule has 0 bridgehead atoms. The van der Waals surface area contributed by atoms with E-state index in [1.165, 1.54) is 0 Å². The first-order valence-corrected chi connectivity index (χ1v) is 4.97. The van der Waals surface area contributed by atoms with Crippen LogP contribution in [0.15, 0.2) is 42.7 Å². The highest BCUT2D eigenvalue weighted by molar-refractivity contribution is 5.62. The summed E-state index contributed by atoms with van der Waals surface area (Å²) in [6.07, 6.45) is 3.88. The predicted octanol–water partition coefficient (Wildman–Crippen LogP) is 2.24. The molecule has 0 saturated heterocycles. The van der Waals surface area contributed by atoms with Crippen molar-refractivity contribution in [1.29, 1.82) is 0 Å². The van der Waals surface area contributed by atoms with Crippen molar-refractivity contribution in [2.75, 3.05) is 11.9 Å². The van der Waals surface area contributed by atoms with E-state index in [-0.39, 0.29) is 0 Å². The van der Waals surface area contributed by atoms with Crippen LogP contribution in [0.4, 0.5) is 11.4 Å². The number of nitrogens with two attached hydrogens (primary N) is 1. The van der Waals surface area contributed by atoms with Gasteiger partial charge in [-0.15, -0.1) is 0 Å². The first kappa shape index (κ1) is 9.80. The fourth-order valence-corrected chi connectivity index (χ4v) is 1.56. The summed E-state index contributed by atoms with van der Waals surface area (Å²) in [4.78, 5) is 5.16. The zero-order valence-electron chi connectivity index (χ0n) is 8.77. The van der Waals surface area contributed by atoms with Crippen LogP contribution in [0, 0.1) is 0 Å². The van der Waals surface area contributed by atoms with Crippen LogP contribution in [0.5, 0.6) is 0 Å². The molecule has 2 aromatic rings. The van der Waals surface area contributed by atoms with Crippen molar-refractivity contribution < 1.29 is 0 Å². The third-order valence-electron chi connectivity index (χ3n) is 2.50. The molecule has 0 aliphatic heterocycles. The molecular formula is C12H15N3. The summed E-state index contributed by atoms with van der Waals surface area (Å²) in [5, 5.41) is 0. The van der Waals surface area contributed by atoms with Crippen LogP contribution in [0.25, 0.3) is 0 Å². The largest absolute Gasteiger partial charge is 0.366 e. The maximum atomic E-state index is 5.61. The Balaban J connectivity index is 2.29. The Bertz CT molecular complexity index is 420. The third kappa shape index (κ3) is 2.02. The Morgan fingerprint density at radius 1 is 1.27 bits per heavy atom. The molecule has 1 aromatic carbocycles. The second-order valence-electron chi connectivity index (χ2n) is 3.50. The maximum absolute atomic E-state index is 5.61. The molecule has 0 aliphatic rings. The van der Waals surface area contributed by atoms with Crippen molar-refractivity contribution in [3.63, 3.8) is 0 Å². The molecule has 3 nitrogen and oxygen atoms in total. The van der Waals surface area contributed by atoms with E-state index >= 15 is 0 Å². The molecular weight excluding hydrogens is 186 g/mol. The van der Waals surface area contributed by atoms with Gasteiger partial charge >= 0.3 is 0 Å². The molecule has 0 amide bonds. The minimum absolute atomic E-state index is 0.578. The Labute approximate surface area is 89.5 Å². The van der Waals surface area contributed by atoms with Crippen LogP contribution < -0.4 is 10.6 Å². The van der Waals surface area contributed by atoms with E-state index in [9.17, 15) is 0 Å². The van der Waals surface area contributed by atoms with Gasteiger partial charge in [-0.3, -0.25) is 0 Å².